The highest BCUT2D eigenvalue weighted by Gasteiger charge is 2.21. The van der Waals surface area contributed by atoms with Crippen molar-refractivity contribution in [3.63, 3.8) is 0 Å². The van der Waals surface area contributed by atoms with Crippen LogP contribution in [0.3, 0.4) is 0 Å². The van der Waals surface area contributed by atoms with Crippen molar-refractivity contribution >= 4 is 39.3 Å². The van der Waals surface area contributed by atoms with Gasteiger partial charge in [0.25, 0.3) is 16.1 Å². The second kappa shape index (κ2) is 4.28. The number of nitrogens with zero attached hydrogens (tertiary/aromatic N) is 1. The summed E-state index contributed by atoms with van der Waals surface area (Å²) in [7, 11) is -4.31. The molecule has 0 fully saturated rings. The summed E-state index contributed by atoms with van der Waals surface area (Å²) in [5.74, 6) is -1.08. The normalized spacial score (nSPS) is 10.9. The zero-order chi connectivity index (χ0) is 11.6. The van der Waals surface area contributed by atoms with E-state index in [9.17, 15) is 17.6 Å². The number of isocyanates is 1. The summed E-state index contributed by atoms with van der Waals surface area (Å²) in [5.41, 5.74) is 0. The lowest BCUT2D eigenvalue weighted by Crippen LogP contribution is -1.99. The van der Waals surface area contributed by atoms with Crippen molar-refractivity contribution in [3.05, 3.63) is 28.0 Å². The predicted octanol–water partition coefficient (Wildman–Crippen LogP) is 2.16. The Morgan fingerprint density at radius 2 is 1.93 bits per heavy atom. The number of carbonyl (C=O) groups excluding carboxylic acids is 1. The van der Waals surface area contributed by atoms with Gasteiger partial charge in [-0.25, -0.2) is 9.18 Å². The fourth-order valence-electron chi connectivity index (χ4n) is 0.806. The summed E-state index contributed by atoms with van der Waals surface area (Å²) in [6, 6.07) is 1.94. The molecule has 0 aliphatic heterocycles. The molecule has 0 aliphatic rings. The maximum Gasteiger partial charge on any atom is 0.294 e. The molecule has 8 heteroatoms. The first kappa shape index (κ1) is 12.1. The second-order valence-corrected chi connectivity index (χ2v) is 4.69. The highest BCUT2D eigenvalue weighted by molar-refractivity contribution is 7.90. The fourth-order valence-corrected chi connectivity index (χ4v) is 2.22. The first-order chi connectivity index (χ1) is 6.90. The van der Waals surface area contributed by atoms with Gasteiger partial charge in [0.15, 0.2) is 5.82 Å². The van der Waals surface area contributed by atoms with Crippen LogP contribution in [0.2, 0.25) is 10.0 Å². The molecule has 0 spiro atoms. The molecule has 4 nitrogen and oxygen atoms in total. The first-order valence-corrected chi connectivity index (χ1v) is 5.57. The number of hydrogen-bond acceptors (Lipinski definition) is 3. The van der Waals surface area contributed by atoms with E-state index in [0.717, 1.165) is 18.2 Å². The molecule has 0 atom stereocenters. The van der Waals surface area contributed by atoms with Crippen molar-refractivity contribution in [1.29, 1.82) is 0 Å². The minimum absolute atomic E-state index is 0.325. The quantitative estimate of drug-likeness (QED) is 0.470. The van der Waals surface area contributed by atoms with Crippen molar-refractivity contribution in [2.24, 2.45) is 4.40 Å². The third-order valence-electron chi connectivity index (χ3n) is 1.44. The van der Waals surface area contributed by atoms with Crippen LogP contribution >= 0.6 is 23.2 Å². The topological polar surface area (TPSA) is 63.6 Å². The number of halogens is 3. The second-order valence-electron chi connectivity index (χ2n) is 2.33. The monoisotopic (exact) mass is 269 g/mol. The van der Waals surface area contributed by atoms with Crippen molar-refractivity contribution in [2.75, 3.05) is 0 Å². The third kappa shape index (κ3) is 2.35. The van der Waals surface area contributed by atoms with E-state index < -0.39 is 25.8 Å². The number of sulfonamides is 1. The van der Waals surface area contributed by atoms with Gasteiger partial charge in [-0.3, -0.25) is 0 Å². The SMILES string of the molecule is O=C=NS(=O)(=O)c1ccc(Cl)c(F)c1Cl. The summed E-state index contributed by atoms with van der Waals surface area (Å²) in [5, 5.41) is -1.03. The molecular formula is C7H2Cl2FNO3S. The molecule has 0 aromatic heterocycles. The van der Waals surface area contributed by atoms with E-state index in [1.807, 2.05) is 0 Å². The Bertz CT molecular complexity index is 552. The molecule has 15 heavy (non-hydrogen) atoms. The Hall–Kier alpha value is -0.940. The molecule has 0 N–H and O–H groups in total. The van der Waals surface area contributed by atoms with Crippen LogP contribution in [0.15, 0.2) is 21.4 Å². The van der Waals surface area contributed by atoms with Crippen LogP contribution in [-0.2, 0) is 14.8 Å². The Morgan fingerprint density at radius 3 is 2.47 bits per heavy atom. The van der Waals surface area contributed by atoms with Gasteiger partial charge in [-0.1, -0.05) is 27.6 Å². The standard InChI is InChI=1S/C7H2Cl2FNO3S/c8-4-1-2-5(6(9)7(4)10)15(13,14)11-3-12/h1-2H. The average Bonchev–Trinajstić information content (AvgIpc) is 2.13. The summed E-state index contributed by atoms with van der Waals surface area (Å²) >= 11 is 10.7. The molecule has 0 amide bonds. The number of rotatable bonds is 2. The van der Waals surface area contributed by atoms with E-state index in [1.165, 1.54) is 0 Å². The molecule has 1 rings (SSSR count). The highest BCUT2D eigenvalue weighted by Crippen LogP contribution is 2.30. The predicted molar refractivity (Wildman–Crippen MR) is 51.7 cm³/mol. The van der Waals surface area contributed by atoms with E-state index >= 15 is 0 Å². The van der Waals surface area contributed by atoms with E-state index in [0.29, 0.717) is 0 Å². The molecule has 0 bridgehead atoms. The summed E-state index contributed by atoms with van der Waals surface area (Å²) < 4.78 is 38.0. The maximum absolute atomic E-state index is 13.1. The van der Waals surface area contributed by atoms with Gasteiger partial charge >= 0.3 is 0 Å². The summed E-state index contributed by atoms with van der Waals surface area (Å²) in [4.78, 5) is 9.19. The van der Waals surface area contributed by atoms with Gasteiger partial charge in [0.1, 0.15) is 4.90 Å². The Morgan fingerprint density at radius 1 is 1.33 bits per heavy atom. The van der Waals surface area contributed by atoms with Crippen LogP contribution in [-0.4, -0.2) is 14.5 Å². The van der Waals surface area contributed by atoms with Crippen LogP contribution in [0.1, 0.15) is 0 Å². The maximum atomic E-state index is 13.1. The van der Waals surface area contributed by atoms with E-state index in [2.05, 4.69) is 4.40 Å². The van der Waals surface area contributed by atoms with Crippen molar-refractivity contribution < 1.29 is 17.6 Å². The van der Waals surface area contributed by atoms with E-state index in [1.54, 1.807) is 0 Å². The smallest absolute Gasteiger partial charge is 0.210 e. The minimum Gasteiger partial charge on any atom is -0.210 e. The van der Waals surface area contributed by atoms with Crippen LogP contribution < -0.4 is 0 Å². The average molecular weight is 270 g/mol. The number of hydrogen-bond donors (Lipinski definition) is 0. The molecule has 1 aromatic carbocycles. The van der Waals surface area contributed by atoms with Crippen LogP contribution in [0.4, 0.5) is 4.39 Å². The lowest BCUT2D eigenvalue weighted by molar-refractivity contribution is 0.563. The molecule has 0 saturated carbocycles. The molecule has 0 saturated heterocycles. The molecule has 0 heterocycles. The fraction of sp³-hybridized carbons (Fsp3) is 0. The van der Waals surface area contributed by atoms with Gasteiger partial charge in [-0.2, -0.15) is 8.42 Å². The van der Waals surface area contributed by atoms with Crippen molar-refractivity contribution in [2.45, 2.75) is 4.90 Å². The van der Waals surface area contributed by atoms with Gasteiger partial charge in [0.2, 0.25) is 0 Å². The zero-order valence-electron chi connectivity index (χ0n) is 6.87. The Kier molecular flexibility index (Phi) is 3.46. The highest BCUT2D eigenvalue weighted by atomic mass is 35.5. The molecule has 80 valence electrons. The largest absolute Gasteiger partial charge is 0.294 e. The van der Waals surface area contributed by atoms with Gasteiger partial charge in [-0.15, -0.1) is 0 Å². The number of benzene rings is 1. The van der Waals surface area contributed by atoms with Gasteiger partial charge in [-0.05, 0) is 12.1 Å². The van der Waals surface area contributed by atoms with E-state index in [-0.39, 0.29) is 5.02 Å². The lowest BCUT2D eigenvalue weighted by Gasteiger charge is -2.02. The van der Waals surface area contributed by atoms with Gasteiger partial charge < -0.3 is 0 Å². The molecule has 0 aliphatic carbocycles. The van der Waals surface area contributed by atoms with Crippen LogP contribution in [0, 0.1) is 5.82 Å². The van der Waals surface area contributed by atoms with Gasteiger partial charge in [0, 0.05) is 0 Å². The molecular weight excluding hydrogens is 268 g/mol. The molecule has 0 unspecified atom stereocenters. The third-order valence-corrected chi connectivity index (χ3v) is 3.42. The Balaban J connectivity index is 3.54. The minimum atomic E-state index is -4.31. The van der Waals surface area contributed by atoms with Crippen molar-refractivity contribution in [1.82, 2.24) is 0 Å². The first-order valence-electron chi connectivity index (χ1n) is 3.38. The lowest BCUT2D eigenvalue weighted by atomic mass is 10.3. The Labute approximate surface area is 94.4 Å². The summed E-state index contributed by atoms with van der Waals surface area (Å²) in [6.07, 6.45) is 0.841. The summed E-state index contributed by atoms with van der Waals surface area (Å²) in [6.45, 7) is 0. The molecule has 1 aromatic rings. The van der Waals surface area contributed by atoms with Crippen LogP contribution in [0.25, 0.3) is 0 Å². The van der Waals surface area contributed by atoms with E-state index in [4.69, 9.17) is 23.2 Å². The van der Waals surface area contributed by atoms with Crippen molar-refractivity contribution in [3.8, 4) is 0 Å². The zero-order valence-corrected chi connectivity index (χ0v) is 9.20. The van der Waals surface area contributed by atoms with Gasteiger partial charge in [0.05, 0.1) is 10.0 Å². The molecule has 0 radical (unpaired) electrons. The van der Waals surface area contributed by atoms with Crippen LogP contribution in [0.5, 0.6) is 0 Å².